The molecule has 5 aromatic heterocycles. The number of rotatable bonds is 5. The van der Waals surface area contributed by atoms with E-state index in [1.807, 2.05) is 73.3 Å². The predicted molar refractivity (Wildman–Crippen MR) is 179 cm³/mol. The number of benzene rings is 1. The molecule has 0 bridgehead atoms. The van der Waals surface area contributed by atoms with Gasteiger partial charge in [0.05, 0.1) is 29.9 Å². The van der Waals surface area contributed by atoms with E-state index in [4.69, 9.17) is 16.3 Å². The van der Waals surface area contributed by atoms with E-state index in [0.29, 0.717) is 22.6 Å². The van der Waals surface area contributed by atoms with Crippen LogP contribution in [0, 0.1) is 33.8 Å². The van der Waals surface area contributed by atoms with Crippen LogP contribution in [-0.4, -0.2) is 37.3 Å². The van der Waals surface area contributed by atoms with Gasteiger partial charge in [-0.15, -0.1) is 29.8 Å². The minimum atomic E-state index is -0.497. The molecule has 1 aromatic carbocycles. The second-order valence-corrected chi connectivity index (χ2v) is 10.6. The van der Waals surface area contributed by atoms with Crippen LogP contribution < -0.4 is 4.74 Å². The number of ether oxygens (including phenoxy) is 1. The normalized spacial score (nSPS) is 9.87. The van der Waals surface area contributed by atoms with Crippen molar-refractivity contribution in [2.24, 2.45) is 0 Å². The standard InChI is InChI=1S/C13H9ClNO2.2C12H12N2.Os/c1-17-11-5-6-15-12(8-11)9-3-2-4-10(7-9)13(14)16;2*1-9-3-5-13-11(7-9)12-8-10(2)4-6-14-12;/h2,4-8H,1H3;2*3-8H,1-2H3;/q-1;;;+1. The second kappa shape index (κ2) is 17.7. The molecule has 0 spiro atoms. The van der Waals surface area contributed by atoms with Crippen LogP contribution in [0.25, 0.3) is 34.0 Å². The van der Waals surface area contributed by atoms with Gasteiger partial charge in [-0.05, 0) is 133 Å². The summed E-state index contributed by atoms with van der Waals surface area (Å²) >= 11 is 5.42. The summed E-state index contributed by atoms with van der Waals surface area (Å²) in [5.74, 6) is 0.700. The largest absolute Gasteiger partial charge is 1.00 e. The van der Waals surface area contributed by atoms with Crippen LogP contribution in [0.5, 0.6) is 5.75 Å². The van der Waals surface area contributed by atoms with Gasteiger partial charge in [-0.1, -0.05) is 0 Å². The van der Waals surface area contributed by atoms with Crippen molar-refractivity contribution in [1.29, 1.82) is 0 Å². The van der Waals surface area contributed by atoms with Crippen molar-refractivity contribution in [3.05, 3.63) is 144 Å². The zero-order chi connectivity index (χ0) is 32.2. The fraction of sp³-hybridized carbons (Fsp3) is 0.135. The predicted octanol–water partition coefficient (Wildman–Crippen LogP) is 8.45. The number of aryl methyl sites for hydroxylation is 4. The van der Waals surface area contributed by atoms with Crippen LogP contribution >= 0.6 is 11.6 Å². The molecular weight excluding hydrogens is 772 g/mol. The van der Waals surface area contributed by atoms with Crippen molar-refractivity contribution in [3.8, 4) is 39.8 Å². The fourth-order valence-corrected chi connectivity index (χ4v) is 4.24. The van der Waals surface area contributed by atoms with Gasteiger partial charge in [0.15, 0.2) is 0 Å². The SMILES string of the molecule is COc1ccnc(-c2[c-]ccc(C(=O)Cl)c2)c1.Cc1ccnc(-c2cc(C)ccn2)c1.Cc1ccnc(-c2cc(C)ccn2)c1.[Os+]. The molecule has 0 saturated heterocycles. The number of hydrogen-bond acceptors (Lipinski definition) is 7. The average Bonchev–Trinajstić information content (AvgIpc) is 3.05. The summed E-state index contributed by atoms with van der Waals surface area (Å²) in [5, 5.41) is -0.497. The first kappa shape index (κ1) is 35.8. The molecule has 0 amide bonds. The number of methoxy groups -OCH3 is 1. The van der Waals surface area contributed by atoms with Gasteiger partial charge in [0, 0.05) is 31.0 Å². The Morgan fingerprint density at radius 1 is 0.587 bits per heavy atom. The molecule has 46 heavy (non-hydrogen) atoms. The molecule has 0 fully saturated rings. The van der Waals surface area contributed by atoms with Crippen molar-refractivity contribution in [1.82, 2.24) is 24.9 Å². The number of aromatic nitrogens is 5. The third kappa shape index (κ3) is 10.8. The molecule has 5 heterocycles. The molecular formula is C37H33ClN5O2Os. The topological polar surface area (TPSA) is 90.8 Å². The number of halogens is 1. The van der Waals surface area contributed by atoms with Gasteiger partial charge in [-0.3, -0.25) is 24.7 Å². The zero-order valence-corrected chi connectivity index (χ0v) is 29.5. The molecule has 9 heteroatoms. The molecule has 0 unspecified atom stereocenters. The minimum absolute atomic E-state index is 0. The first-order valence-corrected chi connectivity index (χ1v) is 14.5. The summed E-state index contributed by atoms with van der Waals surface area (Å²) in [7, 11) is 1.58. The monoisotopic (exact) mass is 806 g/mol. The average molecular weight is 805 g/mol. The molecule has 0 aliphatic rings. The van der Waals surface area contributed by atoms with Gasteiger partial charge in [0.1, 0.15) is 5.75 Å². The zero-order valence-electron chi connectivity index (χ0n) is 26.2. The molecule has 0 atom stereocenters. The third-order valence-corrected chi connectivity index (χ3v) is 6.68. The number of nitrogens with zero attached hydrogens (tertiary/aromatic N) is 5. The molecule has 0 aliphatic carbocycles. The Hall–Kier alpha value is -4.63. The Kier molecular flexibility index (Phi) is 13.8. The van der Waals surface area contributed by atoms with E-state index < -0.39 is 5.24 Å². The van der Waals surface area contributed by atoms with Gasteiger partial charge in [0.2, 0.25) is 5.24 Å². The van der Waals surface area contributed by atoms with Gasteiger partial charge >= 0.3 is 19.8 Å². The third-order valence-electron chi connectivity index (χ3n) is 6.46. The maximum Gasteiger partial charge on any atom is 1.00 e. The molecule has 1 radical (unpaired) electrons. The van der Waals surface area contributed by atoms with Crippen molar-refractivity contribution >= 4 is 16.8 Å². The van der Waals surface area contributed by atoms with Crippen LogP contribution in [0.1, 0.15) is 32.6 Å². The van der Waals surface area contributed by atoms with E-state index in [1.54, 1.807) is 43.6 Å². The second-order valence-electron chi connectivity index (χ2n) is 10.2. The van der Waals surface area contributed by atoms with Gasteiger partial charge in [0.25, 0.3) is 0 Å². The summed E-state index contributed by atoms with van der Waals surface area (Å²) in [6, 6.07) is 27.5. The molecule has 233 valence electrons. The molecule has 6 aromatic rings. The van der Waals surface area contributed by atoms with Crippen molar-refractivity contribution in [2.75, 3.05) is 7.11 Å². The van der Waals surface area contributed by atoms with E-state index in [-0.39, 0.29) is 19.8 Å². The van der Waals surface area contributed by atoms with Gasteiger partial charge < -0.3 is 9.72 Å². The van der Waals surface area contributed by atoms with Crippen LogP contribution in [0.3, 0.4) is 0 Å². The van der Waals surface area contributed by atoms with Gasteiger partial charge in [-0.2, -0.15) is 0 Å². The maximum atomic E-state index is 11.1. The van der Waals surface area contributed by atoms with Crippen LogP contribution in [0.4, 0.5) is 0 Å². The van der Waals surface area contributed by atoms with E-state index in [2.05, 4.69) is 58.7 Å². The van der Waals surface area contributed by atoms with E-state index in [0.717, 1.165) is 22.8 Å². The summed E-state index contributed by atoms with van der Waals surface area (Å²) in [6.45, 7) is 8.23. The van der Waals surface area contributed by atoms with Crippen LogP contribution in [0.15, 0.2) is 110 Å². The molecule has 6 rings (SSSR count). The Morgan fingerprint density at radius 2 is 0.978 bits per heavy atom. The number of pyridine rings is 5. The first-order valence-electron chi connectivity index (χ1n) is 14.1. The smallest absolute Gasteiger partial charge is 0.497 e. The van der Waals surface area contributed by atoms with E-state index in [1.165, 1.54) is 22.3 Å². The number of carbonyl (C=O) groups is 1. The fourth-order valence-electron chi connectivity index (χ4n) is 4.13. The maximum absolute atomic E-state index is 11.1. The Morgan fingerprint density at radius 3 is 1.35 bits per heavy atom. The summed E-state index contributed by atoms with van der Waals surface area (Å²) in [5.41, 5.74) is 10.4. The molecule has 0 N–H and O–H groups in total. The Labute approximate surface area is 288 Å². The first-order chi connectivity index (χ1) is 21.7. The summed E-state index contributed by atoms with van der Waals surface area (Å²) in [6.07, 6.45) is 8.89. The molecule has 7 nitrogen and oxygen atoms in total. The Balaban J connectivity index is 0.000000187. The van der Waals surface area contributed by atoms with Crippen LogP contribution in [0.2, 0.25) is 0 Å². The summed E-state index contributed by atoms with van der Waals surface area (Å²) in [4.78, 5) is 32.4. The number of hydrogen-bond donors (Lipinski definition) is 0. The van der Waals surface area contributed by atoms with Gasteiger partial charge in [-0.25, -0.2) is 0 Å². The van der Waals surface area contributed by atoms with Crippen LogP contribution in [-0.2, 0) is 19.8 Å². The Bertz CT molecular complexity index is 1730. The quantitative estimate of drug-likeness (QED) is 0.128. The van der Waals surface area contributed by atoms with E-state index >= 15 is 0 Å². The van der Waals surface area contributed by atoms with Crippen molar-refractivity contribution < 1.29 is 29.3 Å². The molecule has 0 aliphatic heterocycles. The van der Waals surface area contributed by atoms with E-state index in [9.17, 15) is 4.79 Å². The molecule has 0 saturated carbocycles. The van der Waals surface area contributed by atoms with Crippen molar-refractivity contribution in [3.63, 3.8) is 0 Å². The van der Waals surface area contributed by atoms with Crippen molar-refractivity contribution in [2.45, 2.75) is 27.7 Å². The summed E-state index contributed by atoms with van der Waals surface area (Å²) < 4.78 is 5.11. The minimum Gasteiger partial charge on any atom is -0.497 e. The number of carbonyl (C=O) groups excluding carboxylic acids is 1.